The van der Waals surface area contributed by atoms with Crippen LogP contribution in [0.5, 0.6) is 0 Å². The summed E-state index contributed by atoms with van der Waals surface area (Å²) in [5.74, 6) is -0.766. The van der Waals surface area contributed by atoms with Crippen LogP contribution >= 0.6 is 0 Å². The second-order valence-corrected chi connectivity index (χ2v) is 6.91. The van der Waals surface area contributed by atoms with Gasteiger partial charge in [0, 0.05) is 23.5 Å². The Morgan fingerprint density at radius 2 is 1.52 bits per heavy atom. The van der Waals surface area contributed by atoms with Gasteiger partial charge in [-0.2, -0.15) is 13.2 Å². The van der Waals surface area contributed by atoms with Crippen molar-refractivity contribution in [2.45, 2.75) is 25.1 Å². The van der Waals surface area contributed by atoms with E-state index in [2.05, 4.69) is 10.6 Å². The maximum Gasteiger partial charge on any atom is 0.416 e. The van der Waals surface area contributed by atoms with Gasteiger partial charge in [0.05, 0.1) is 12.7 Å². The molecular formula is C21H20F3N3O4. The van der Waals surface area contributed by atoms with E-state index < -0.39 is 29.8 Å². The maximum atomic E-state index is 12.7. The number of carbonyl (C=O) groups is 3. The molecule has 1 fully saturated rings. The van der Waals surface area contributed by atoms with Crippen LogP contribution in [-0.4, -0.2) is 42.5 Å². The first-order valence-corrected chi connectivity index (χ1v) is 9.43. The highest BCUT2D eigenvalue weighted by molar-refractivity contribution is 6.01. The van der Waals surface area contributed by atoms with Crippen molar-refractivity contribution in [3.8, 4) is 0 Å². The van der Waals surface area contributed by atoms with E-state index >= 15 is 0 Å². The molecule has 2 aromatic rings. The lowest BCUT2D eigenvalue weighted by Crippen LogP contribution is -2.41. The van der Waals surface area contributed by atoms with Crippen LogP contribution in [0, 0.1) is 0 Å². The molecule has 31 heavy (non-hydrogen) atoms. The molecule has 0 radical (unpaired) electrons. The quantitative estimate of drug-likeness (QED) is 0.707. The lowest BCUT2D eigenvalue weighted by molar-refractivity contribution is -0.145. The smallest absolute Gasteiger partial charge is 0.416 e. The summed E-state index contributed by atoms with van der Waals surface area (Å²) in [7, 11) is 1.28. The van der Waals surface area contributed by atoms with E-state index in [-0.39, 0.29) is 11.6 Å². The van der Waals surface area contributed by atoms with E-state index in [9.17, 15) is 27.6 Å². The van der Waals surface area contributed by atoms with Gasteiger partial charge in [-0.1, -0.05) is 0 Å². The van der Waals surface area contributed by atoms with Gasteiger partial charge in [-0.05, 0) is 61.4 Å². The third-order valence-electron chi connectivity index (χ3n) is 4.85. The number of likely N-dealkylation sites (tertiary alicyclic amines) is 1. The van der Waals surface area contributed by atoms with Gasteiger partial charge < -0.3 is 20.3 Å². The van der Waals surface area contributed by atoms with Crippen molar-refractivity contribution >= 4 is 29.3 Å². The van der Waals surface area contributed by atoms with Crippen molar-refractivity contribution < 1.29 is 32.3 Å². The molecule has 0 saturated carbocycles. The van der Waals surface area contributed by atoms with E-state index in [0.29, 0.717) is 30.6 Å². The van der Waals surface area contributed by atoms with Crippen LogP contribution in [0.3, 0.4) is 0 Å². The lowest BCUT2D eigenvalue weighted by atomic mass is 10.1. The van der Waals surface area contributed by atoms with Gasteiger partial charge in [-0.25, -0.2) is 9.59 Å². The number of hydrogen-bond acceptors (Lipinski definition) is 4. The number of benzene rings is 2. The molecule has 10 heteroatoms. The summed E-state index contributed by atoms with van der Waals surface area (Å²) in [6, 6.07) is 8.85. The van der Waals surface area contributed by atoms with E-state index in [0.717, 1.165) is 24.3 Å². The fraction of sp³-hybridized carbons (Fsp3) is 0.286. The third-order valence-corrected chi connectivity index (χ3v) is 4.85. The first kappa shape index (κ1) is 22.1. The zero-order valence-corrected chi connectivity index (χ0v) is 16.5. The second kappa shape index (κ2) is 9.07. The lowest BCUT2D eigenvalue weighted by Gasteiger charge is -2.22. The number of alkyl halides is 3. The normalized spacial score (nSPS) is 16.0. The van der Waals surface area contributed by atoms with Gasteiger partial charge in [-0.3, -0.25) is 4.79 Å². The van der Waals surface area contributed by atoms with Gasteiger partial charge >= 0.3 is 18.2 Å². The van der Waals surface area contributed by atoms with E-state index in [1.165, 1.54) is 36.3 Å². The molecule has 3 rings (SSSR count). The molecule has 0 unspecified atom stereocenters. The molecule has 1 saturated heterocycles. The zero-order valence-electron chi connectivity index (χ0n) is 16.5. The number of amides is 3. The summed E-state index contributed by atoms with van der Waals surface area (Å²) < 4.78 is 42.5. The third kappa shape index (κ3) is 5.33. The number of anilines is 2. The Kier molecular flexibility index (Phi) is 6.47. The van der Waals surface area contributed by atoms with E-state index in [1.807, 2.05) is 0 Å². The van der Waals surface area contributed by atoms with Gasteiger partial charge in [0.1, 0.15) is 6.04 Å². The van der Waals surface area contributed by atoms with Crippen LogP contribution in [0.4, 0.5) is 29.3 Å². The first-order chi connectivity index (χ1) is 14.7. The largest absolute Gasteiger partial charge is 0.467 e. The van der Waals surface area contributed by atoms with E-state index in [4.69, 9.17) is 4.74 Å². The molecule has 2 aromatic carbocycles. The summed E-state index contributed by atoms with van der Waals surface area (Å²) in [6.45, 7) is 0.453. The Morgan fingerprint density at radius 3 is 2.03 bits per heavy atom. The second-order valence-electron chi connectivity index (χ2n) is 6.91. The minimum absolute atomic E-state index is 0.195. The van der Waals surface area contributed by atoms with Crippen LogP contribution in [0.2, 0.25) is 0 Å². The van der Waals surface area contributed by atoms with Crippen LogP contribution < -0.4 is 10.6 Å². The highest BCUT2D eigenvalue weighted by Gasteiger charge is 2.35. The summed E-state index contributed by atoms with van der Waals surface area (Å²) in [4.78, 5) is 38.1. The molecule has 164 valence electrons. The van der Waals surface area contributed by atoms with Crippen LogP contribution in [0.25, 0.3) is 0 Å². The predicted octanol–water partition coefficient (Wildman–Crippen LogP) is 4.13. The van der Waals surface area contributed by atoms with Crippen LogP contribution in [0.1, 0.15) is 28.8 Å². The zero-order chi connectivity index (χ0) is 22.6. The topological polar surface area (TPSA) is 87.7 Å². The van der Waals surface area contributed by atoms with Crippen molar-refractivity contribution in [2.75, 3.05) is 24.3 Å². The molecule has 3 amide bonds. The Bertz CT molecular complexity index is 959. The van der Waals surface area contributed by atoms with Gasteiger partial charge in [0.2, 0.25) is 0 Å². The van der Waals surface area contributed by atoms with E-state index in [1.54, 1.807) is 0 Å². The number of nitrogens with one attached hydrogen (secondary N) is 2. The number of rotatable bonds is 4. The Labute approximate surface area is 176 Å². The number of hydrogen-bond donors (Lipinski definition) is 2. The molecule has 0 bridgehead atoms. The molecule has 1 atom stereocenters. The maximum absolute atomic E-state index is 12.7. The Hall–Kier alpha value is -3.56. The fourth-order valence-corrected chi connectivity index (χ4v) is 3.29. The standard InChI is InChI=1S/C21H20F3N3O4/c1-31-19(29)17-3-2-12-27(17)18(28)13-4-8-15(9-5-13)25-20(30)26-16-10-6-14(7-11-16)21(22,23)24/h4-11,17H,2-3,12H2,1H3,(H2,25,26,30)/t17-/m0/s1. The highest BCUT2D eigenvalue weighted by atomic mass is 19.4. The molecule has 1 heterocycles. The van der Waals surface area contributed by atoms with Crippen molar-refractivity contribution in [2.24, 2.45) is 0 Å². The number of ether oxygens (including phenoxy) is 1. The minimum Gasteiger partial charge on any atom is -0.467 e. The predicted molar refractivity (Wildman–Crippen MR) is 107 cm³/mol. The number of urea groups is 1. The average molecular weight is 435 g/mol. The summed E-state index contributed by atoms with van der Waals surface area (Å²) in [5.41, 5.74) is 0.114. The van der Waals surface area contributed by atoms with Crippen LogP contribution in [0.15, 0.2) is 48.5 Å². The highest BCUT2D eigenvalue weighted by Crippen LogP contribution is 2.30. The number of halogens is 3. The SMILES string of the molecule is COC(=O)[C@@H]1CCCN1C(=O)c1ccc(NC(=O)Nc2ccc(C(F)(F)F)cc2)cc1. The first-order valence-electron chi connectivity index (χ1n) is 9.43. The summed E-state index contributed by atoms with van der Waals surface area (Å²) in [6.07, 6.45) is -3.21. The number of esters is 1. The Balaban J connectivity index is 1.59. The van der Waals surface area contributed by atoms with Crippen molar-refractivity contribution in [3.05, 3.63) is 59.7 Å². The number of methoxy groups -OCH3 is 1. The molecular weight excluding hydrogens is 415 g/mol. The van der Waals surface area contributed by atoms with Crippen molar-refractivity contribution in [1.82, 2.24) is 4.90 Å². The summed E-state index contributed by atoms with van der Waals surface area (Å²) in [5, 5.41) is 4.97. The molecule has 0 aliphatic carbocycles. The number of nitrogens with zero attached hydrogens (tertiary/aromatic N) is 1. The average Bonchev–Trinajstić information content (AvgIpc) is 3.23. The summed E-state index contributed by atoms with van der Waals surface area (Å²) >= 11 is 0. The van der Waals surface area contributed by atoms with Crippen molar-refractivity contribution in [1.29, 1.82) is 0 Å². The minimum atomic E-state index is -4.45. The molecule has 1 aliphatic heterocycles. The molecule has 0 spiro atoms. The van der Waals surface area contributed by atoms with Gasteiger partial charge in [0.25, 0.3) is 5.91 Å². The molecule has 7 nitrogen and oxygen atoms in total. The fourth-order valence-electron chi connectivity index (χ4n) is 3.29. The van der Waals surface area contributed by atoms with Gasteiger partial charge in [-0.15, -0.1) is 0 Å². The van der Waals surface area contributed by atoms with Crippen molar-refractivity contribution in [3.63, 3.8) is 0 Å². The monoisotopic (exact) mass is 435 g/mol. The molecule has 2 N–H and O–H groups in total. The number of carbonyl (C=O) groups excluding carboxylic acids is 3. The Morgan fingerprint density at radius 1 is 0.968 bits per heavy atom. The molecule has 1 aliphatic rings. The van der Waals surface area contributed by atoms with Crippen LogP contribution in [-0.2, 0) is 15.7 Å². The molecule has 0 aromatic heterocycles. The van der Waals surface area contributed by atoms with Gasteiger partial charge in [0.15, 0.2) is 0 Å².